The summed E-state index contributed by atoms with van der Waals surface area (Å²) in [7, 11) is 0. The molecule has 1 aromatic carbocycles. The van der Waals surface area contributed by atoms with Crippen LogP contribution in [0.2, 0.25) is 0 Å². The lowest BCUT2D eigenvalue weighted by Gasteiger charge is -2.32. The Morgan fingerprint density at radius 2 is 1.88 bits per heavy atom. The molecule has 0 unspecified atom stereocenters. The van der Waals surface area contributed by atoms with Gasteiger partial charge in [-0.25, -0.2) is 9.78 Å². The van der Waals surface area contributed by atoms with Crippen molar-refractivity contribution in [1.29, 1.82) is 0 Å². The second kappa shape index (κ2) is 8.98. The fraction of sp³-hybridized carbons (Fsp3) is 0.417. The summed E-state index contributed by atoms with van der Waals surface area (Å²) < 4.78 is 7.44. The number of benzene rings is 1. The van der Waals surface area contributed by atoms with E-state index in [2.05, 4.69) is 15.3 Å². The van der Waals surface area contributed by atoms with Crippen LogP contribution in [0.1, 0.15) is 39.2 Å². The summed E-state index contributed by atoms with van der Waals surface area (Å²) in [6.45, 7) is 7.10. The zero-order valence-electron chi connectivity index (χ0n) is 18.7. The highest BCUT2D eigenvalue weighted by atomic mass is 16.6. The van der Waals surface area contributed by atoms with Gasteiger partial charge >= 0.3 is 6.09 Å². The minimum atomic E-state index is -0.529. The van der Waals surface area contributed by atoms with E-state index in [1.54, 1.807) is 11.1 Å². The Morgan fingerprint density at radius 3 is 2.56 bits per heavy atom. The molecule has 3 heterocycles. The summed E-state index contributed by atoms with van der Waals surface area (Å²) in [5, 5.41) is 3.03. The van der Waals surface area contributed by atoms with Crippen molar-refractivity contribution in [1.82, 2.24) is 19.4 Å². The first-order valence-corrected chi connectivity index (χ1v) is 10.9. The van der Waals surface area contributed by atoms with E-state index in [1.165, 1.54) is 0 Å². The van der Waals surface area contributed by atoms with Crippen molar-refractivity contribution in [3.8, 4) is 0 Å². The number of nitrogens with one attached hydrogen (secondary N) is 1. The number of likely N-dealkylation sites (tertiary alicyclic amines) is 1. The Labute approximate surface area is 187 Å². The number of ether oxygens (including phenoxy) is 1. The number of piperidine rings is 1. The van der Waals surface area contributed by atoms with Gasteiger partial charge in [-0.3, -0.25) is 15.1 Å². The van der Waals surface area contributed by atoms with E-state index in [9.17, 15) is 9.59 Å². The maximum Gasteiger partial charge on any atom is 0.410 e. The molecule has 0 radical (unpaired) electrons. The smallest absolute Gasteiger partial charge is 0.410 e. The number of amides is 2. The van der Waals surface area contributed by atoms with Crippen molar-refractivity contribution in [3.05, 3.63) is 54.4 Å². The molecule has 1 aliphatic heterocycles. The minimum absolute atomic E-state index is 0.0726. The fourth-order valence-electron chi connectivity index (χ4n) is 3.87. The highest BCUT2D eigenvalue weighted by Gasteiger charge is 2.30. The Bertz CT molecular complexity index is 1100. The first-order chi connectivity index (χ1) is 15.3. The van der Waals surface area contributed by atoms with Crippen LogP contribution in [0.4, 0.5) is 10.7 Å². The number of hydrogen-bond acceptors (Lipinski definition) is 5. The van der Waals surface area contributed by atoms with Gasteiger partial charge in [-0.2, -0.15) is 0 Å². The predicted molar refractivity (Wildman–Crippen MR) is 122 cm³/mol. The Morgan fingerprint density at radius 1 is 1.12 bits per heavy atom. The van der Waals surface area contributed by atoms with Crippen molar-refractivity contribution in [2.24, 2.45) is 5.92 Å². The lowest BCUT2D eigenvalue weighted by atomic mass is 9.96. The normalized spacial score (nSPS) is 15.0. The van der Waals surface area contributed by atoms with Crippen LogP contribution in [0, 0.1) is 5.92 Å². The predicted octanol–water partition coefficient (Wildman–Crippen LogP) is 4.07. The molecule has 1 aliphatic rings. The van der Waals surface area contributed by atoms with Crippen molar-refractivity contribution < 1.29 is 14.3 Å². The van der Waals surface area contributed by atoms with Gasteiger partial charge in [0.2, 0.25) is 11.9 Å². The Balaban J connectivity index is 1.45. The highest BCUT2D eigenvalue weighted by Crippen LogP contribution is 2.24. The van der Waals surface area contributed by atoms with Crippen LogP contribution in [0.15, 0.2) is 48.8 Å². The third-order valence-electron chi connectivity index (χ3n) is 5.47. The van der Waals surface area contributed by atoms with E-state index in [0.29, 0.717) is 38.4 Å². The van der Waals surface area contributed by atoms with E-state index >= 15 is 0 Å². The third kappa shape index (κ3) is 5.07. The fourth-order valence-corrected chi connectivity index (χ4v) is 3.87. The van der Waals surface area contributed by atoms with Gasteiger partial charge in [0, 0.05) is 31.4 Å². The zero-order chi connectivity index (χ0) is 22.7. The van der Waals surface area contributed by atoms with Crippen LogP contribution < -0.4 is 5.32 Å². The third-order valence-corrected chi connectivity index (χ3v) is 5.47. The number of aromatic nitrogens is 3. The van der Waals surface area contributed by atoms with E-state index in [-0.39, 0.29) is 17.9 Å². The van der Waals surface area contributed by atoms with Crippen molar-refractivity contribution in [2.45, 2.75) is 45.8 Å². The Kier molecular flexibility index (Phi) is 6.12. The van der Waals surface area contributed by atoms with E-state index in [0.717, 1.165) is 16.6 Å². The summed E-state index contributed by atoms with van der Waals surface area (Å²) in [4.78, 5) is 35.8. The molecule has 0 atom stereocenters. The molecule has 32 heavy (non-hydrogen) atoms. The van der Waals surface area contributed by atoms with Crippen LogP contribution in [0.3, 0.4) is 0 Å². The molecule has 168 valence electrons. The first kappa shape index (κ1) is 21.8. The molecule has 1 fully saturated rings. The number of pyridine rings is 1. The van der Waals surface area contributed by atoms with Gasteiger partial charge in [0.15, 0.2) is 0 Å². The molecule has 0 spiro atoms. The average molecular weight is 436 g/mol. The van der Waals surface area contributed by atoms with Gasteiger partial charge in [-0.05, 0) is 57.4 Å². The topological polar surface area (TPSA) is 89.4 Å². The second-order valence-electron chi connectivity index (χ2n) is 9.10. The van der Waals surface area contributed by atoms with Gasteiger partial charge in [-0.1, -0.05) is 18.2 Å². The zero-order valence-corrected chi connectivity index (χ0v) is 18.7. The van der Waals surface area contributed by atoms with Crippen molar-refractivity contribution >= 4 is 29.0 Å². The lowest BCUT2D eigenvalue weighted by molar-refractivity contribution is -0.121. The number of hydrogen-bond donors (Lipinski definition) is 1. The number of anilines is 1. The summed E-state index contributed by atoms with van der Waals surface area (Å²) in [6.07, 6.45) is 4.41. The largest absolute Gasteiger partial charge is 0.444 e. The molecule has 8 heteroatoms. The summed E-state index contributed by atoms with van der Waals surface area (Å²) in [5.41, 5.74) is 2.27. The van der Waals surface area contributed by atoms with Crippen molar-refractivity contribution in [2.75, 3.05) is 18.4 Å². The number of para-hydroxylation sites is 2. The number of rotatable bonds is 4. The molecule has 8 nitrogen and oxygen atoms in total. The second-order valence-corrected chi connectivity index (χ2v) is 9.10. The van der Waals surface area contributed by atoms with Gasteiger partial charge < -0.3 is 14.2 Å². The number of carbonyl (C=O) groups is 2. The highest BCUT2D eigenvalue weighted by molar-refractivity contribution is 5.93. The minimum Gasteiger partial charge on any atom is -0.444 e. The van der Waals surface area contributed by atoms with Gasteiger partial charge in [-0.15, -0.1) is 0 Å². The number of imidazole rings is 1. The molecular formula is C24H29N5O3. The van der Waals surface area contributed by atoms with Crippen LogP contribution in [-0.4, -0.2) is 50.1 Å². The molecule has 1 saturated heterocycles. The summed E-state index contributed by atoms with van der Waals surface area (Å²) >= 11 is 0. The van der Waals surface area contributed by atoms with Crippen molar-refractivity contribution in [3.63, 3.8) is 0 Å². The van der Waals surface area contributed by atoms with Gasteiger partial charge in [0.1, 0.15) is 5.60 Å². The SMILES string of the molecule is CC(C)(C)OC(=O)N1CCC(C(=O)Nc2nc3ccccc3n2Cc2cccnc2)CC1. The molecule has 0 saturated carbocycles. The lowest BCUT2D eigenvalue weighted by Crippen LogP contribution is -2.43. The standard InChI is InChI=1S/C24H29N5O3/c1-24(2,3)32-23(31)28-13-10-18(11-14-28)21(30)27-22-26-19-8-4-5-9-20(19)29(22)16-17-7-6-12-25-15-17/h4-9,12,15,18H,10-11,13-14,16H2,1-3H3,(H,26,27,30). The number of carbonyl (C=O) groups excluding carboxylic acids is 2. The molecule has 3 aromatic rings. The molecule has 0 bridgehead atoms. The van der Waals surface area contributed by atoms with E-state index < -0.39 is 5.60 Å². The maximum atomic E-state index is 13.0. The summed E-state index contributed by atoms with van der Waals surface area (Å²) in [6, 6.07) is 11.7. The van der Waals surface area contributed by atoms with Crippen LogP contribution in [0.25, 0.3) is 11.0 Å². The quantitative estimate of drug-likeness (QED) is 0.667. The molecule has 1 N–H and O–H groups in total. The van der Waals surface area contributed by atoms with E-state index in [1.807, 2.05) is 67.9 Å². The van der Waals surface area contributed by atoms with Gasteiger partial charge in [0.05, 0.1) is 17.6 Å². The molecule has 4 rings (SSSR count). The van der Waals surface area contributed by atoms with Crippen LogP contribution in [0.5, 0.6) is 0 Å². The summed E-state index contributed by atoms with van der Waals surface area (Å²) in [5.74, 6) is 0.270. The van der Waals surface area contributed by atoms with Crippen LogP contribution in [-0.2, 0) is 16.1 Å². The van der Waals surface area contributed by atoms with E-state index in [4.69, 9.17) is 4.74 Å². The maximum absolute atomic E-state index is 13.0. The van der Waals surface area contributed by atoms with Gasteiger partial charge in [0.25, 0.3) is 0 Å². The molecule has 2 aromatic heterocycles. The number of fused-ring (bicyclic) bond motifs is 1. The Hall–Kier alpha value is -3.42. The number of nitrogens with zero attached hydrogens (tertiary/aromatic N) is 4. The van der Waals surface area contributed by atoms with Crippen LogP contribution >= 0.6 is 0 Å². The monoisotopic (exact) mass is 435 g/mol. The average Bonchev–Trinajstić information content (AvgIpc) is 3.10. The molecular weight excluding hydrogens is 406 g/mol. The first-order valence-electron chi connectivity index (χ1n) is 10.9. The molecule has 0 aliphatic carbocycles. The molecule has 2 amide bonds.